The molecule has 0 spiro atoms. The van der Waals surface area contributed by atoms with Crippen molar-refractivity contribution in [1.82, 2.24) is 9.80 Å². The van der Waals surface area contributed by atoms with Crippen LogP contribution in [0, 0.1) is 13.8 Å². The molecule has 1 aromatic rings. The van der Waals surface area contributed by atoms with E-state index in [0.717, 1.165) is 62.0 Å². The van der Waals surface area contributed by atoms with Gasteiger partial charge in [-0.1, -0.05) is 12.1 Å². The lowest BCUT2D eigenvalue weighted by molar-refractivity contribution is -0.123. The molecule has 24 heavy (non-hydrogen) atoms. The summed E-state index contributed by atoms with van der Waals surface area (Å²) in [5.41, 5.74) is 8.56. The molecular weight excluding hydrogens is 302 g/mol. The molecule has 2 fully saturated rings. The number of amides is 2. The molecule has 0 bridgehead atoms. The zero-order chi connectivity index (χ0) is 17.3. The molecule has 2 aliphatic rings. The summed E-state index contributed by atoms with van der Waals surface area (Å²) in [6, 6.07) is 6.16. The number of aryl methyl sites for hydroxylation is 1. The number of carbonyl (C=O) groups is 2. The fourth-order valence-corrected chi connectivity index (χ4v) is 4.09. The Hall–Kier alpha value is -1.88. The maximum absolute atomic E-state index is 12.8. The lowest BCUT2D eigenvalue weighted by Crippen LogP contribution is -2.51. The van der Waals surface area contributed by atoms with E-state index in [1.165, 1.54) is 0 Å². The highest BCUT2D eigenvalue weighted by atomic mass is 16.2. The maximum atomic E-state index is 12.8. The molecule has 1 atom stereocenters. The van der Waals surface area contributed by atoms with Gasteiger partial charge in [0.1, 0.15) is 0 Å². The normalized spacial score (nSPS) is 22.8. The van der Waals surface area contributed by atoms with Crippen LogP contribution in [-0.4, -0.2) is 53.3 Å². The van der Waals surface area contributed by atoms with E-state index < -0.39 is 0 Å². The molecule has 5 nitrogen and oxygen atoms in total. The standard InChI is InChI=1S/C19H27N3O2/c1-13-5-3-6-16(14(13)2)19(24)21-11-8-15(9-12-21)22-10-4-7-17(22)18(20)23/h3,5-6,15,17H,4,7-12H2,1-2H3,(H2,20,23)/t17-/m0/s1. The molecule has 130 valence electrons. The van der Waals surface area contributed by atoms with Crippen LogP contribution in [0.2, 0.25) is 0 Å². The maximum Gasteiger partial charge on any atom is 0.254 e. The summed E-state index contributed by atoms with van der Waals surface area (Å²) in [4.78, 5) is 28.6. The van der Waals surface area contributed by atoms with Gasteiger partial charge in [-0.15, -0.1) is 0 Å². The minimum Gasteiger partial charge on any atom is -0.368 e. The molecule has 0 aromatic heterocycles. The summed E-state index contributed by atoms with van der Waals surface area (Å²) in [7, 11) is 0. The summed E-state index contributed by atoms with van der Waals surface area (Å²) in [6.07, 6.45) is 3.74. The third-order valence-electron chi connectivity index (χ3n) is 5.68. The number of carbonyl (C=O) groups excluding carboxylic acids is 2. The molecule has 2 aliphatic heterocycles. The number of primary amides is 1. The average molecular weight is 329 g/mol. The predicted octanol–water partition coefficient (Wildman–Crippen LogP) is 1.86. The van der Waals surface area contributed by atoms with Crippen LogP contribution in [0.3, 0.4) is 0 Å². The number of likely N-dealkylation sites (tertiary alicyclic amines) is 2. The van der Waals surface area contributed by atoms with Crippen molar-refractivity contribution in [2.24, 2.45) is 5.73 Å². The quantitative estimate of drug-likeness (QED) is 0.920. The van der Waals surface area contributed by atoms with Crippen LogP contribution in [0.4, 0.5) is 0 Å². The van der Waals surface area contributed by atoms with Gasteiger partial charge in [-0.2, -0.15) is 0 Å². The first kappa shape index (κ1) is 17.0. The Labute approximate surface area is 143 Å². The number of piperidine rings is 1. The van der Waals surface area contributed by atoms with Gasteiger partial charge in [-0.05, 0) is 63.3 Å². The molecule has 1 aromatic carbocycles. The highest BCUT2D eigenvalue weighted by Gasteiger charge is 2.36. The van der Waals surface area contributed by atoms with Crippen molar-refractivity contribution in [3.05, 3.63) is 34.9 Å². The van der Waals surface area contributed by atoms with Gasteiger partial charge in [0.2, 0.25) is 5.91 Å². The van der Waals surface area contributed by atoms with Gasteiger partial charge in [-0.25, -0.2) is 0 Å². The first-order valence-electron chi connectivity index (χ1n) is 8.89. The molecule has 2 amide bonds. The molecule has 0 radical (unpaired) electrons. The topological polar surface area (TPSA) is 66.6 Å². The van der Waals surface area contributed by atoms with Crippen molar-refractivity contribution in [2.45, 2.75) is 51.6 Å². The zero-order valence-corrected chi connectivity index (χ0v) is 14.6. The summed E-state index contributed by atoms with van der Waals surface area (Å²) < 4.78 is 0. The monoisotopic (exact) mass is 329 g/mol. The average Bonchev–Trinajstić information content (AvgIpc) is 3.07. The van der Waals surface area contributed by atoms with Crippen LogP contribution in [-0.2, 0) is 4.79 Å². The van der Waals surface area contributed by atoms with E-state index in [2.05, 4.69) is 4.90 Å². The van der Waals surface area contributed by atoms with Gasteiger partial charge in [0, 0.05) is 24.7 Å². The van der Waals surface area contributed by atoms with Crippen molar-refractivity contribution < 1.29 is 9.59 Å². The predicted molar refractivity (Wildman–Crippen MR) is 93.8 cm³/mol. The third kappa shape index (κ3) is 3.18. The van der Waals surface area contributed by atoms with Gasteiger partial charge in [0.05, 0.1) is 6.04 Å². The van der Waals surface area contributed by atoms with E-state index in [-0.39, 0.29) is 17.9 Å². The Kier molecular flexibility index (Phi) is 4.90. The van der Waals surface area contributed by atoms with Gasteiger partial charge >= 0.3 is 0 Å². The van der Waals surface area contributed by atoms with E-state index >= 15 is 0 Å². The lowest BCUT2D eigenvalue weighted by atomic mass is 9.98. The van der Waals surface area contributed by atoms with Crippen LogP contribution >= 0.6 is 0 Å². The number of nitrogens with zero attached hydrogens (tertiary/aromatic N) is 2. The van der Waals surface area contributed by atoms with E-state index in [9.17, 15) is 9.59 Å². The second-order valence-electron chi connectivity index (χ2n) is 7.07. The first-order chi connectivity index (χ1) is 11.5. The van der Waals surface area contributed by atoms with Crippen LogP contribution in [0.1, 0.15) is 47.2 Å². The first-order valence-corrected chi connectivity index (χ1v) is 8.89. The Morgan fingerprint density at radius 1 is 1.08 bits per heavy atom. The van der Waals surface area contributed by atoms with E-state index in [1.54, 1.807) is 0 Å². The minimum absolute atomic E-state index is 0.115. The number of benzene rings is 1. The molecule has 0 unspecified atom stereocenters. The van der Waals surface area contributed by atoms with Crippen molar-refractivity contribution in [3.63, 3.8) is 0 Å². The molecule has 0 aliphatic carbocycles. The number of nitrogens with two attached hydrogens (primary N) is 1. The smallest absolute Gasteiger partial charge is 0.254 e. The van der Waals surface area contributed by atoms with Crippen LogP contribution in [0.15, 0.2) is 18.2 Å². The number of rotatable bonds is 3. The zero-order valence-electron chi connectivity index (χ0n) is 14.6. The van der Waals surface area contributed by atoms with Crippen molar-refractivity contribution >= 4 is 11.8 Å². The summed E-state index contributed by atoms with van der Waals surface area (Å²) in [5, 5.41) is 0. The molecule has 2 saturated heterocycles. The van der Waals surface area contributed by atoms with Gasteiger partial charge < -0.3 is 10.6 Å². The summed E-state index contributed by atoms with van der Waals surface area (Å²) in [5.74, 6) is -0.0797. The largest absolute Gasteiger partial charge is 0.368 e. The Bertz CT molecular complexity index is 635. The molecule has 2 N–H and O–H groups in total. The van der Waals surface area contributed by atoms with E-state index in [0.29, 0.717) is 6.04 Å². The van der Waals surface area contributed by atoms with E-state index in [4.69, 9.17) is 5.73 Å². The molecule has 3 rings (SSSR count). The highest BCUT2D eigenvalue weighted by Crippen LogP contribution is 2.27. The van der Waals surface area contributed by atoms with Crippen LogP contribution in [0.5, 0.6) is 0 Å². The summed E-state index contributed by atoms with van der Waals surface area (Å²) >= 11 is 0. The molecular formula is C19H27N3O2. The molecule has 5 heteroatoms. The highest BCUT2D eigenvalue weighted by molar-refractivity contribution is 5.96. The van der Waals surface area contributed by atoms with Crippen LogP contribution < -0.4 is 5.73 Å². The van der Waals surface area contributed by atoms with Crippen molar-refractivity contribution in [3.8, 4) is 0 Å². The number of hydrogen-bond acceptors (Lipinski definition) is 3. The van der Waals surface area contributed by atoms with Gasteiger partial charge in [0.15, 0.2) is 0 Å². The van der Waals surface area contributed by atoms with Crippen molar-refractivity contribution in [2.75, 3.05) is 19.6 Å². The van der Waals surface area contributed by atoms with Gasteiger partial charge in [0.25, 0.3) is 5.91 Å². The Morgan fingerprint density at radius 3 is 2.46 bits per heavy atom. The van der Waals surface area contributed by atoms with Crippen LogP contribution in [0.25, 0.3) is 0 Å². The second-order valence-corrected chi connectivity index (χ2v) is 7.07. The third-order valence-corrected chi connectivity index (χ3v) is 5.68. The fraction of sp³-hybridized carbons (Fsp3) is 0.579. The number of hydrogen-bond donors (Lipinski definition) is 1. The summed E-state index contributed by atoms with van der Waals surface area (Å²) in [6.45, 7) is 6.49. The van der Waals surface area contributed by atoms with Crippen molar-refractivity contribution in [1.29, 1.82) is 0 Å². The Balaban J connectivity index is 1.64. The van der Waals surface area contributed by atoms with E-state index in [1.807, 2.05) is 36.9 Å². The minimum atomic E-state index is -0.207. The SMILES string of the molecule is Cc1cccc(C(=O)N2CCC(N3CCC[C@H]3C(N)=O)CC2)c1C. The second kappa shape index (κ2) is 6.93. The molecule has 0 saturated carbocycles. The Morgan fingerprint density at radius 2 is 1.79 bits per heavy atom. The lowest BCUT2D eigenvalue weighted by Gasteiger charge is -2.38. The fourth-order valence-electron chi connectivity index (χ4n) is 4.09. The molecule has 2 heterocycles. The van der Waals surface area contributed by atoms with Gasteiger partial charge in [-0.3, -0.25) is 14.5 Å².